The molecule has 8 heteroatoms. The van der Waals surface area contributed by atoms with Crippen LogP contribution < -0.4 is 16.8 Å². The standard InChI is InChI=1S/C21H24N4O2S.ClH/c22-17-8-6-15(7-9-17)10-11-24-13-19(16-4-2-1-3-5-16)27-20(26)12-18-14-28-21(23)25-18;/h1-9,14,19,24H,10-13,22H2,(H2,23,25);1H/t19-;/m0./s1. The molecular formula is C21H25ClN4O2S. The molecule has 0 saturated heterocycles. The third-order valence-electron chi connectivity index (χ3n) is 4.24. The van der Waals surface area contributed by atoms with Crippen molar-refractivity contribution >= 4 is 40.5 Å². The minimum atomic E-state index is -0.365. The van der Waals surface area contributed by atoms with Gasteiger partial charge in [0.05, 0.1) is 12.1 Å². The summed E-state index contributed by atoms with van der Waals surface area (Å²) in [5.41, 5.74) is 14.9. The first kappa shape index (κ1) is 22.7. The number of nitrogen functional groups attached to an aromatic ring is 2. The van der Waals surface area contributed by atoms with Crippen LogP contribution in [0.4, 0.5) is 10.8 Å². The lowest BCUT2D eigenvalue weighted by Gasteiger charge is -2.19. The van der Waals surface area contributed by atoms with E-state index in [1.54, 1.807) is 5.38 Å². The molecule has 0 radical (unpaired) electrons. The highest BCUT2D eigenvalue weighted by molar-refractivity contribution is 7.13. The highest BCUT2D eigenvalue weighted by Gasteiger charge is 2.17. The van der Waals surface area contributed by atoms with Crippen molar-refractivity contribution in [3.05, 3.63) is 76.8 Å². The van der Waals surface area contributed by atoms with Crippen molar-refractivity contribution in [2.45, 2.75) is 18.9 Å². The molecule has 3 rings (SSSR count). The van der Waals surface area contributed by atoms with Crippen LogP contribution in [0.15, 0.2) is 60.0 Å². The molecule has 29 heavy (non-hydrogen) atoms. The van der Waals surface area contributed by atoms with E-state index in [1.807, 2.05) is 54.6 Å². The van der Waals surface area contributed by atoms with Crippen LogP contribution in [0.25, 0.3) is 0 Å². The van der Waals surface area contributed by atoms with Crippen LogP contribution >= 0.6 is 23.7 Å². The van der Waals surface area contributed by atoms with E-state index in [9.17, 15) is 4.79 Å². The third kappa shape index (κ3) is 7.38. The highest BCUT2D eigenvalue weighted by Crippen LogP contribution is 2.18. The monoisotopic (exact) mass is 432 g/mol. The first-order chi connectivity index (χ1) is 13.6. The number of halogens is 1. The number of rotatable bonds is 9. The lowest BCUT2D eigenvalue weighted by Crippen LogP contribution is -2.27. The molecule has 3 aromatic rings. The largest absolute Gasteiger partial charge is 0.456 e. The van der Waals surface area contributed by atoms with Crippen LogP contribution in [0.3, 0.4) is 0 Å². The predicted octanol–water partition coefficient (Wildman–Crippen LogP) is 3.39. The van der Waals surface area contributed by atoms with Gasteiger partial charge in [-0.1, -0.05) is 42.5 Å². The zero-order chi connectivity index (χ0) is 19.8. The average molecular weight is 433 g/mol. The number of ether oxygens (including phenoxy) is 1. The third-order valence-corrected chi connectivity index (χ3v) is 4.96. The van der Waals surface area contributed by atoms with Gasteiger partial charge in [-0.05, 0) is 36.2 Å². The van der Waals surface area contributed by atoms with Gasteiger partial charge < -0.3 is 21.5 Å². The van der Waals surface area contributed by atoms with E-state index < -0.39 is 0 Å². The minimum absolute atomic E-state index is 0. The van der Waals surface area contributed by atoms with Crippen molar-refractivity contribution in [1.29, 1.82) is 0 Å². The molecule has 0 unspecified atom stereocenters. The molecule has 2 aromatic carbocycles. The van der Waals surface area contributed by atoms with Crippen molar-refractivity contribution < 1.29 is 9.53 Å². The van der Waals surface area contributed by atoms with Gasteiger partial charge in [-0.15, -0.1) is 23.7 Å². The maximum atomic E-state index is 12.4. The summed E-state index contributed by atoms with van der Waals surface area (Å²) in [5.74, 6) is -0.320. The molecule has 5 N–H and O–H groups in total. The summed E-state index contributed by atoms with van der Waals surface area (Å²) in [4.78, 5) is 16.5. The number of hydrogen-bond acceptors (Lipinski definition) is 7. The number of aromatic nitrogens is 1. The number of benzene rings is 2. The summed E-state index contributed by atoms with van der Waals surface area (Å²) in [6, 6.07) is 17.6. The van der Waals surface area contributed by atoms with E-state index in [2.05, 4.69) is 10.3 Å². The van der Waals surface area contributed by atoms with Crippen molar-refractivity contribution in [2.75, 3.05) is 24.6 Å². The molecule has 0 bridgehead atoms. The SMILES string of the molecule is Cl.Nc1ccc(CCNC[C@H](OC(=O)Cc2csc(N)n2)c2ccccc2)cc1. The molecule has 0 amide bonds. The Hall–Kier alpha value is -2.61. The molecule has 1 heterocycles. The summed E-state index contributed by atoms with van der Waals surface area (Å²) in [6.07, 6.45) is 0.618. The molecule has 0 fully saturated rings. The van der Waals surface area contributed by atoms with Crippen molar-refractivity contribution in [1.82, 2.24) is 10.3 Å². The van der Waals surface area contributed by atoms with E-state index in [1.165, 1.54) is 16.9 Å². The maximum absolute atomic E-state index is 12.4. The average Bonchev–Trinajstić information content (AvgIpc) is 3.11. The van der Waals surface area contributed by atoms with Gasteiger partial charge >= 0.3 is 5.97 Å². The number of thiazole rings is 1. The van der Waals surface area contributed by atoms with Crippen LogP contribution in [0.2, 0.25) is 0 Å². The van der Waals surface area contributed by atoms with Crippen LogP contribution in [0.1, 0.15) is 22.9 Å². The number of anilines is 2. The summed E-state index contributed by atoms with van der Waals surface area (Å²) in [7, 11) is 0. The van der Waals surface area contributed by atoms with Crippen LogP contribution in [0, 0.1) is 0 Å². The number of carbonyl (C=O) groups excluding carboxylic acids is 1. The zero-order valence-corrected chi connectivity index (χ0v) is 17.5. The quantitative estimate of drug-likeness (QED) is 0.272. The predicted molar refractivity (Wildman–Crippen MR) is 120 cm³/mol. The summed E-state index contributed by atoms with van der Waals surface area (Å²) >= 11 is 1.32. The van der Waals surface area contributed by atoms with Gasteiger partial charge in [-0.25, -0.2) is 4.98 Å². The second kappa shape index (κ2) is 11.4. The van der Waals surface area contributed by atoms with Gasteiger partial charge in [0.2, 0.25) is 0 Å². The van der Waals surface area contributed by atoms with E-state index in [0.29, 0.717) is 17.4 Å². The second-order valence-electron chi connectivity index (χ2n) is 6.44. The first-order valence-electron chi connectivity index (χ1n) is 9.09. The number of hydrogen-bond donors (Lipinski definition) is 3. The molecule has 0 aliphatic heterocycles. The maximum Gasteiger partial charge on any atom is 0.312 e. The molecule has 154 valence electrons. The summed E-state index contributed by atoms with van der Waals surface area (Å²) in [6.45, 7) is 1.30. The fourth-order valence-electron chi connectivity index (χ4n) is 2.80. The van der Waals surface area contributed by atoms with Crippen molar-refractivity contribution in [3.63, 3.8) is 0 Å². The van der Waals surface area contributed by atoms with E-state index in [4.69, 9.17) is 16.2 Å². The van der Waals surface area contributed by atoms with Crippen LogP contribution in [-0.4, -0.2) is 24.0 Å². The lowest BCUT2D eigenvalue weighted by molar-refractivity contribution is -0.148. The van der Waals surface area contributed by atoms with Gasteiger partial charge in [0.25, 0.3) is 0 Å². The Morgan fingerprint density at radius 1 is 1.10 bits per heavy atom. The Kier molecular flexibility index (Phi) is 8.92. The van der Waals surface area contributed by atoms with Gasteiger partial charge in [0, 0.05) is 17.6 Å². The number of carbonyl (C=O) groups is 1. The summed E-state index contributed by atoms with van der Waals surface area (Å²) in [5, 5.41) is 5.61. The van der Waals surface area contributed by atoms with Gasteiger partial charge in [0.1, 0.15) is 6.10 Å². The Balaban J connectivity index is 0.00000300. The van der Waals surface area contributed by atoms with Gasteiger partial charge in [-0.2, -0.15) is 0 Å². The topological polar surface area (TPSA) is 103 Å². The molecule has 0 spiro atoms. The Morgan fingerprint density at radius 3 is 2.48 bits per heavy atom. The molecule has 0 aliphatic carbocycles. The van der Waals surface area contributed by atoms with Crippen molar-refractivity contribution in [3.8, 4) is 0 Å². The number of esters is 1. The first-order valence-corrected chi connectivity index (χ1v) is 9.97. The number of nitrogens with zero attached hydrogens (tertiary/aromatic N) is 1. The van der Waals surface area contributed by atoms with Crippen molar-refractivity contribution in [2.24, 2.45) is 0 Å². The fourth-order valence-corrected chi connectivity index (χ4v) is 3.36. The molecule has 1 atom stereocenters. The molecule has 6 nitrogen and oxygen atoms in total. The zero-order valence-electron chi connectivity index (χ0n) is 15.9. The number of nitrogens with one attached hydrogen (secondary N) is 1. The minimum Gasteiger partial charge on any atom is -0.456 e. The van der Waals surface area contributed by atoms with Gasteiger partial charge in [-0.3, -0.25) is 4.79 Å². The van der Waals surface area contributed by atoms with E-state index in [-0.39, 0.29) is 30.9 Å². The molecular weight excluding hydrogens is 408 g/mol. The molecule has 0 saturated carbocycles. The van der Waals surface area contributed by atoms with Crippen LogP contribution in [-0.2, 0) is 22.4 Å². The molecule has 1 aromatic heterocycles. The Labute approximate surface area is 180 Å². The normalized spacial score (nSPS) is 11.4. The Morgan fingerprint density at radius 2 is 1.83 bits per heavy atom. The Bertz CT molecular complexity index is 887. The smallest absolute Gasteiger partial charge is 0.312 e. The number of nitrogens with two attached hydrogens (primary N) is 2. The highest BCUT2D eigenvalue weighted by atomic mass is 35.5. The fraction of sp³-hybridized carbons (Fsp3) is 0.238. The van der Waals surface area contributed by atoms with Crippen LogP contribution in [0.5, 0.6) is 0 Å². The van der Waals surface area contributed by atoms with E-state index in [0.717, 1.165) is 24.2 Å². The molecule has 0 aliphatic rings. The lowest BCUT2D eigenvalue weighted by atomic mass is 10.1. The van der Waals surface area contributed by atoms with E-state index >= 15 is 0 Å². The second-order valence-corrected chi connectivity index (χ2v) is 7.33. The summed E-state index contributed by atoms with van der Waals surface area (Å²) < 4.78 is 5.72. The van der Waals surface area contributed by atoms with Gasteiger partial charge in [0.15, 0.2) is 5.13 Å².